The van der Waals surface area contributed by atoms with Crippen LogP contribution in [0.15, 0.2) is 36.4 Å². The highest BCUT2D eigenvalue weighted by atomic mass is 16.7. The fraction of sp³-hybridized carbons (Fsp3) is 0.531. The minimum Gasteiger partial charge on any atom is -0.478 e. The van der Waals surface area contributed by atoms with Crippen molar-refractivity contribution in [3.63, 3.8) is 0 Å². The first kappa shape index (κ1) is 26.0. The van der Waals surface area contributed by atoms with Crippen LogP contribution in [0.3, 0.4) is 0 Å². The van der Waals surface area contributed by atoms with Crippen molar-refractivity contribution < 1.29 is 24.1 Å². The zero-order chi connectivity index (χ0) is 26.2. The fourth-order valence-corrected chi connectivity index (χ4v) is 7.56. The maximum Gasteiger partial charge on any atom is 0.335 e. The van der Waals surface area contributed by atoms with Crippen LogP contribution in [0.1, 0.15) is 91.9 Å². The summed E-state index contributed by atoms with van der Waals surface area (Å²) in [6, 6.07) is 12.2. The Hall–Kier alpha value is -2.63. The Morgan fingerprint density at radius 3 is 2.35 bits per heavy atom. The number of rotatable bonds is 10. The van der Waals surface area contributed by atoms with Crippen LogP contribution in [-0.4, -0.2) is 31.3 Å². The van der Waals surface area contributed by atoms with Crippen LogP contribution < -0.4 is 4.74 Å². The average molecular weight is 505 g/mol. The monoisotopic (exact) mass is 504 g/mol. The summed E-state index contributed by atoms with van der Waals surface area (Å²) in [6.45, 7) is 6.17. The fourth-order valence-electron chi connectivity index (χ4n) is 7.56. The standard InChI is InChI=1S/C32H40O5/c1-5-26-14-22(6-8-28(26)31(33)34)10-20(2)27-7-9-30(37-19-36-21(3)35-4)29(15-27)32-16-23-11-24(17-32)13-25(12-23)18-32/h6-10,14-15,21,23-25H,5,11-13,16-19H2,1-4H3,(H,33,34). The highest BCUT2D eigenvalue weighted by Gasteiger charge is 2.52. The van der Waals surface area contributed by atoms with Gasteiger partial charge in [0.15, 0.2) is 13.1 Å². The molecule has 5 heteroatoms. The van der Waals surface area contributed by atoms with Crippen LogP contribution in [0.25, 0.3) is 11.6 Å². The van der Waals surface area contributed by atoms with E-state index in [-0.39, 0.29) is 18.5 Å². The minimum absolute atomic E-state index is 0.165. The van der Waals surface area contributed by atoms with Gasteiger partial charge < -0.3 is 19.3 Å². The topological polar surface area (TPSA) is 65.0 Å². The van der Waals surface area contributed by atoms with Gasteiger partial charge in [-0.25, -0.2) is 4.79 Å². The van der Waals surface area contributed by atoms with Gasteiger partial charge in [-0.2, -0.15) is 0 Å². The molecule has 2 aromatic rings. The lowest BCUT2D eigenvalue weighted by molar-refractivity contribution is -0.150. The van der Waals surface area contributed by atoms with E-state index >= 15 is 0 Å². The molecule has 4 fully saturated rings. The number of benzene rings is 2. The van der Waals surface area contributed by atoms with Crippen LogP contribution >= 0.6 is 0 Å². The van der Waals surface area contributed by atoms with Crippen molar-refractivity contribution in [2.24, 2.45) is 17.8 Å². The predicted molar refractivity (Wildman–Crippen MR) is 146 cm³/mol. The van der Waals surface area contributed by atoms with E-state index in [1.54, 1.807) is 13.2 Å². The Morgan fingerprint density at radius 2 is 1.76 bits per heavy atom. The first-order valence-electron chi connectivity index (χ1n) is 13.8. The second-order valence-corrected chi connectivity index (χ2v) is 11.5. The van der Waals surface area contributed by atoms with Gasteiger partial charge in [-0.1, -0.05) is 31.2 Å². The lowest BCUT2D eigenvalue weighted by Gasteiger charge is -2.57. The molecule has 0 spiro atoms. The van der Waals surface area contributed by atoms with Crippen molar-refractivity contribution in [3.8, 4) is 5.75 Å². The molecule has 4 saturated carbocycles. The van der Waals surface area contributed by atoms with Crippen molar-refractivity contribution in [2.45, 2.75) is 77.4 Å². The molecular weight excluding hydrogens is 464 g/mol. The number of ether oxygens (including phenoxy) is 3. The summed E-state index contributed by atoms with van der Waals surface area (Å²) in [7, 11) is 1.63. The van der Waals surface area contributed by atoms with E-state index in [9.17, 15) is 9.90 Å². The lowest BCUT2D eigenvalue weighted by Crippen LogP contribution is -2.48. The van der Waals surface area contributed by atoms with Crippen LogP contribution in [-0.2, 0) is 21.3 Å². The van der Waals surface area contributed by atoms with Gasteiger partial charge in [0.25, 0.3) is 0 Å². The predicted octanol–water partition coefficient (Wildman–Crippen LogP) is 7.32. The third-order valence-corrected chi connectivity index (χ3v) is 9.02. The summed E-state index contributed by atoms with van der Waals surface area (Å²) in [5.74, 6) is 2.57. The van der Waals surface area contributed by atoms with Gasteiger partial charge >= 0.3 is 5.97 Å². The number of hydrogen-bond donors (Lipinski definition) is 1. The average Bonchev–Trinajstić information content (AvgIpc) is 2.87. The molecule has 1 atom stereocenters. The number of hydrogen-bond acceptors (Lipinski definition) is 4. The Morgan fingerprint density at radius 1 is 1.08 bits per heavy atom. The molecule has 37 heavy (non-hydrogen) atoms. The summed E-state index contributed by atoms with van der Waals surface area (Å²) in [6.07, 6.45) is 10.5. The largest absolute Gasteiger partial charge is 0.478 e. The summed E-state index contributed by atoms with van der Waals surface area (Å²) >= 11 is 0. The maximum absolute atomic E-state index is 11.6. The molecule has 4 aliphatic rings. The molecule has 4 bridgehead atoms. The first-order chi connectivity index (χ1) is 17.8. The Bertz CT molecular complexity index is 1140. The second kappa shape index (κ2) is 10.6. The van der Waals surface area contributed by atoms with E-state index in [1.165, 1.54) is 49.7 Å². The smallest absolute Gasteiger partial charge is 0.335 e. The van der Waals surface area contributed by atoms with Crippen LogP contribution in [0.4, 0.5) is 0 Å². The highest BCUT2D eigenvalue weighted by molar-refractivity contribution is 5.90. The quantitative estimate of drug-likeness (QED) is 0.271. The van der Waals surface area contributed by atoms with Crippen LogP contribution in [0, 0.1) is 17.8 Å². The first-order valence-corrected chi connectivity index (χ1v) is 13.8. The van der Waals surface area contributed by atoms with Crippen molar-refractivity contribution in [2.75, 3.05) is 13.9 Å². The maximum atomic E-state index is 11.6. The van der Waals surface area contributed by atoms with Gasteiger partial charge in [0.05, 0.1) is 5.56 Å². The number of allylic oxidation sites excluding steroid dienone is 1. The van der Waals surface area contributed by atoms with Gasteiger partial charge in [-0.05, 0) is 122 Å². The number of aromatic carboxylic acids is 1. The van der Waals surface area contributed by atoms with Gasteiger partial charge in [-0.3, -0.25) is 0 Å². The zero-order valence-electron chi connectivity index (χ0n) is 22.6. The molecule has 5 nitrogen and oxygen atoms in total. The Balaban J connectivity index is 1.48. The van der Waals surface area contributed by atoms with E-state index in [0.29, 0.717) is 12.0 Å². The Labute approximate surface area is 220 Å². The number of carbonyl (C=O) groups is 1. The SMILES string of the molecule is CCc1cc(C=C(C)c2ccc(OCOC(C)OC)c(C34CC5CC(CC(C5)C3)C4)c2)ccc1C(=O)O. The summed E-state index contributed by atoms with van der Waals surface area (Å²) in [4.78, 5) is 11.6. The van der Waals surface area contributed by atoms with Crippen molar-refractivity contribution in [1.29, 1.82) is 0 Å². The van der Waals surface area contributed by atoms with Crippen molar-refractivity contribution in [1.82, 2.24) is 0 Å². The third kappa shape index (κ3) is 5.35. The molecule has 4 aliphatic carbocycles. The Kier molecular flexibility index (Phi) is 7.46. The number of carboxylic acids is 1. The third-order valence-electron chi connectivity index (χ3n) is 9.02. The van der Waals surface area contributed by atoms with Gasteiger partial charge in [-0.15, -0.1) is 0 Å². The molecule has 0 radical (unpaired) electrons. The normalized spacial score (nSPS) is 27.4. The van der Waals surface area contributed by atoms with Gasteiger partial charge in [0, 0.05) is 12.7 Å². The van der Waals surface area contributed by atoms with Crippen LogP contribution in [0.5, 0.6) is 5.75 Å². The molecular formula is C32H40O5. The molecule has 0 aliphatic heterocycles. The lowest BCUT2D eigenvalue weighted by atomic mass is 9.48. The minimum atomic E-state index is -0.872. The summed E-state index contributed by atoms with van der Waals surface area (Å²) in [5.41, 5.74) is 6.13. The molecule has 2 aromatic carbocycles. The summed E-state index contributed by atoms with van der Waals surface area (Å²) < 4.78 is 17.1. The molecule has 0 aromatic heterocycles. The molecule has 6 rings (SSSR count). The molecule has 0 amide bonds. The second-order valence-electron chi connectivity index (χ2n) is 11.5. The van der Waals surface area contributed by atoms with E-state index in [2.05, 4.69) is 31.2 Å². The van der Waals surface area contributed by atoms with E-state index in [1.807, 2.05) is 26.0 Å². The number of methoxy groups -OCH3 is 1. The van der Waals surface area contributed by atoms with E-state index in [4.69, 9.17) is 14.2 Å². The van der Waals surface area contributed by atoms with Crippen molar-refractivity contribution >= 4 is 17.6 Å². The highest BCUT2D eigenvalue weighted by Crippen LogP contribution is 2.62. The molecule has 1 N–H and O–H groups in total. The van der Waals surface area contributed by atoms with E-state index in [0.717, 1.165) is 40.2 Å². The number of carboxylic acid groups (broad SMARTS) is 1. The zero-order valence-corrected chi connectivity index (χ0v) is 22.6. The molecule has 0 saturated heterocycles. The number of aryl methyl sites for hydroxylation is 1. The van der Waals surface area contributed by atoms with Crippen LogP contribution in [0.2, 0.25) is 0 Å². The van der Waals surface area contributed by atoms with Crippen molar-refractivity contribution in [3.05, 3.63) is 64.2 Å². The molecule has 1 unspecified atom stereocenters. The summed E-state index contributed by atoms with van der Waals surface area (Å²) in [5, 5.41) is 9.48. The van der Waals surface area contributed by atoms with Gasteiger partial charge in [0.2, 0.25) is 0 Å². The molecule has 198 valence electrons. The molecule has 0 heterocycles. The van der Waals surface area contributed by atoms with E-state index < -0.39 is 5.97 Å². The van der Waals surface area contributed by atoms with Gasteiger partial charge in [0.1, 0.15) is 5.75 Å².